The molecule has 92 valence electrons. The molecule has 0 radical (unpaired) electrons. The van der Waals surface area contributed by atoms with Crippen molar-refractivity contribution in [2.24, 2.45) is 0 Å². The number of nitrogens with one attached hydrogen (secondary N) is 1. The minimum atomic E-state index is 0.870. The van der Waals surface area contributed by atoms with Crippen LogP contribution < -0.4 is 4.74 Å². The summed E-state index contributed by atoms with van der Waals surface area (Å²) in [6.07, 6.45) is 1.82. The van der Waals surface area contributed by atoms with Gasteiger partial charge < -0.3 is 9.72 Å². The van der Waals surface area contributed by atoms with Crippen molar-refractivity contribution in [3.63, 3.8) is 0 Å². The van der Waals surface area contributed by atoms with Crippen molar-refractivity contribution >= 4 is 32.7 Å². The number of rotatable bonds is 1. The minimum Gasteiger partial charge on any atom is -0.497 e. The first-order chi connectivity index (χ1) is 9.36. The highest BCUT2D eigenvalue weighted by atomic mass is 16.5. The highest BCUT2D eigenvalue weighted by Crippen LogP contribution is 2.33. The van der Waals surface area contributed by atoms with Crippen molar-refractivity contribution in [3.8, 4) is 5.75 Å². The monoisotopic (exact) mass is 248 g/mol. The van der Waals surface area contributed by atoms with Gasteiger partial charge in [-0.15, -0.1) is 0 Å². The summed E-state index contributed by atoms with van der Waals surface area (Å²) >= 11 is 0. The van der Waals surface area contributed by atoms with Crippen molar-refractivity contribution in [1.29, 1.82) is 0 Å². The number of methoxy groups -OCH3 is 1. The predicted molar refractivity (Wildman–Crippen MR) is 77.7 cm³/mol. The molecular formula is C16H12N2O. The first kappa shape index (κ1) is 10.4. The average molecular weight is 248 g/mol. The number of aromatic nitrogens is 2. The average Bonchev–Trinajstić information content (AvgIpc) is 2.85. The number of benzene rings is 2. The van der Waals surface area contributed by atoms with E-state index in [4.69, 9.17) is 4.74 Å². The van der Waals surface area contributed by atoms with Gasteiger partial charge in [-0.05, 0) is 36.4 Å². The van der Waals surface area contributed by atoms with Crippen LogP contribution in [0.5, 0.6) is 5.75 Å². The third-order valence-corrected chi connectivity index (χ3v) is 3.55. The van der Waals surface area contributed by atoms with Crippen molar-refractivity contribution in [3.05, 3.63) is 48.7 Å². The third kappa shape index (κ3) is 1.41. The number of fused-ring (bicyclic) bond motifs is 5. The van der Waals surface area contributed by atoms with Crippen molar-refractivity contribution in [1.82, 2.24) is 9.97 Å². The SMILES string of the molecule is COc1ccc2[nH]c3ccc4ncccc4c3c2c1. The lowest BCUT2D eigenvalue weighted by atomic mass is 10.1. The number of aromatic amines is 1. The van der Waals surface area contributed by atoms with E-state index in [1.165, 1.54) is 16.2 Å². The molecule has 0 spiro atoms. The second kappa shape index (κ2) is 3.72. The summed E-state index contributed by atoms with van der Waals surface area (Å²) < 4.78 is 5.32. The summed E-state index contributed by atoms with van der Waals surface area (Å²) in [5.41, 5.74) is 3.26. The van der Waals surface area contributed by atoms with E-state index in [0.717, 1.165) is 22.3 Å². The largest absolute Gasteiger partial charge is 0.497 e. The highest BCUT2D eigenvalue weighted by molar-refractivity contribution is 6.19. The van der Waals surface area contributed by atoms with Crippen LogP contribution in [0.2, 0.25) is 0 Å². The Morgan fingerprint density at radius 1 is 1.00 bits per heavy atom. The molecule has 0 saturated carbocycles. The molecule has 2 aromatic carbocycles. The second-order valence-electron chi connectivity index (χ2n) is 4.59. The molecule has 0 atom stereocenters. The molecule has 2 heterocycles. The molecule has 4 rings (SSSR count). The normalized spacial score (nSPS) is 11.4. The molecule has 1 N–H and O–H groups in total. The summed E-state index contributed by atoms with van der Waals surface area (Å²) in [7, 11) is 1.69. The molecule has 0 saturated heterocycles. The maximum absolute atomic E-state index is 5.32. The molecule has 3 nitrogen and oxygen atoms in total. The van der Waals surface area contributed by atoms with E-state index in [1.54, 1.807) is 7.11 Å². The Labute approximate surface area is 109 Å². The Morgan fingerprint density at radius 3 is 2.79 bits per heavy atom. The molecule has 0 aliphatic rings. The van der Waals surface area contributed by atoms with E-state index in [0.29, 0.717) is 0 Å². The van der Waals surface area contributed by atoms with Gasteiger partial charge in [0.1, 0.15) is 5.75 Å². The van der Waals surface area contributed by atoms with Crippen LogP contribution in [0.1, 0.15) is 0 Å². The quantitative estimate of drug-likeness (QED) is 0.555. The van der Waals surface area contributed by atoms with Crippen LogP contribution in [0.15, 0.2) is 48.7 Å². The molecule has 4 aromatic rings. The van der Waals surface area contributed by atoms with Gasteiger partial charge in [-0.1, -0.05) is 6.07 Å². The molecule has 3 heteroatoms. The number of ether oxygens (including phenoxy) is 1. The summed E-state index contributed by atoms with van der Waals surface area (Å²) in [4.78, 5) is 7.85. The summed E-state index contributed by atoms with van der Waals surface area (Å²) in [6, 6.07) is 14.3. The van der Waals surface area contributed by atoms with Crippen molar-refractivity contribution < 1.29 is 4.74 Å². The van der Waals surface area contributed by atoms with E-state index < -0.39 is 0 Å². The summed E-state index contributed by atoms with van der Waals surface area (Å²) in [5.74, 6) is 0.870. The van der Waals surface area contributed by atoms with Crippen LogP contribution in [0.3, 0.4) is 0 Å². The number of pyridine rings is 1. The van der Waals surface area contributed by atoms with Gasteiger partial charge in [-0.25, -0.2) is 0 Å². The lowest BCUT2D eigenvalue weighted by Gasteiger charge is -2.01. The fourth-order valence-electron chi connectivity index (χ4n) is 2.66. The number of H-pyrrole nitrogens is 1. The molecule has 0 aliphatic heterocycles. The Balaban J connectivity index is 2.27. The van der Waals surface area contributed by atoms with Crippen molar-refractivity contribution in [2.45, 2.75) is 0 Å². The fraction of sp³-hybridized carbons (Fsp3) is 0.0625. The lowest BCUT2D eigenvalue weighted by Crippen LogP contribution is -1.81. The van der Waals surface area contributed by atoms with Crippen LogP contribution in [-0.2, 0) is 0 Å². The van der Waals surface area contributed by atoms with E-state index in [9.17, 15) is 0 Å². The summed E-state index contributed by atoms with van der Waals surface area (Å²) in [6.45, 7) is 0. The topological polar surface area (TPSA) is 37.9 Å². The van der Waals surface area contributed by atoms with E-state index in [2.05, 4.69) is 34.2 Å². The van der Waals surface area contributed by atoms with Crippen LogP contribution in [0.4, 0.5) is 0 Å². The van der Waals surface area contributed by atoms with Gasteiger partial charge in [0.05, 0.1) is 12.6 Å². The lowest BCUT2D eigenvalue weighted by molar-refractivity contribution is 0.415. The Morgan fingerprint density at radius 2 is 1.89 bits per heavy atom. The standard InChI is InChI=1S/C16H12N2O/c1-19-10-4-5-14-12(9-10)16-11-3-2-8-17-13(11)6-7-15(16)18-14/h2-9,18H,1H3. The van der Waals surface area contributed by atoms with Gasteiger partial charge in [0.25, 0.3) is 0 Å². The zero-order chi connectivity index (χ0) is 12.8. The zero-order valence-corrected chi connectivity index (χ0v) is 10.5. The smallest absolute Gasteiger partial charge is 0.119 e. The van der Waals surface area contributed by atoms with Crippen LogP contribution in [-0.4, -0.2) is 17.1 Å². The molecule has 0 amide bonds. The highest BCUT2D eigenvalue weighted by Gasteiger charge is 2.09. The minimum absolute atomic E-state index is 0.870. The zero-order valence-electron chi connectivity index (χ0n) is 10.5. The molecule has 2 aromatic heterocycles. The first-order valence-corrected chi connectivity index (χ1v) is 6.20. The number of hydrogen-bond acceptors (Lipinski definition) is 2. The third-order valence-electron chi connectivity index (χ3n) is 3.55. The van der Waals surface area contributed by atoms with Gasteiger partial charge >= 0.3 is 0 Å². The van der Waals surface area contributed by atoms with E-state index >= 15 is 0 Å². The van der Waals surface area contributed by atoms with Crippen LogP contribution in [0.25, 0.3) is 32.7 Å². The van der Waals surface area contributed by atoms with Crippen LogP contribution in [0, 0.1) is 0 Å². The van der Waals surface area contributed by atoms with Gasteiger partial charge in [0.2, 0.25) is 0 Å². The number of hydrogen-bond donors (Lipinski definition) is 1. The maximum Gasteiger partial charge on any atom is 0.119 e. The molecule has 0 unspecified atom stereocenters. The van der Waals surface area contributed by atoms with Gasteiger partial charge in [0, 0.05) is 33.4 Å². The molecule has 0 aliphatic carbocycles. The van der Waals surface area contributed by atoms with Crippen LogP contribution >= 0.6 is 0 Å². The van der Waals surface area contributed by atoms with Crippen molar-refractivity contribution in [2.75, 3.05) is 7.11 Å². The molecule has 0 bridgehead atoms. The molecular weight excluding hydrogens is 236 g/mol. The molecule has 19 heavy (non-hydrogen) atoms. The Kier molecular flexibility index (Phi) is 2.03. The molecule has 0 fully saturated rings. The van der Waals surface area contributed by atoms with Gasteiger partial charge in [-0.2, -0.15) is 0 Å². The van der Waals surface area contributed by atoms with E-state index in [1.807, 2.05) is 24.4 Å². The maximum atomic E-state index is 5.32. The Hall–Kier alpha value is -2.55. The predicted octanol–water partition coefficient (Wildman–Crippen LogP) is 3.88. The first-order valence-electron chi connectivity index (χ1n) is 6.20. The Bertz CT molecular complexity index is 908. The van der Waals surface area contributed by atoms with E-state index in [-0.39, 0.29) is 0 Å². The second-order valence-corrected chi connectivity index (χ2v) is 4.59. The fourth-order valence-corrected chi connectivity index (χ4v) is 2.66. The summed E-state index contributed by atoms with van der Waals surface area (Å²) in [5, 5.41) is 3.55. The van der Waals surface area contributed by atoms with Gasteiger partial charge in [-0.3, -0.25) is 4.98 Å². The van der Waals surface area contributed by atoms with Gasteiger partial charge in [0.15, 0.2) is 0 Å². The number of nitrogens with zero attached hydrogens (tertiary/aromatic N) is 1.